The molecule has 2 nitrogen and oxygen atoms in total. The number of phenolic OH excluding ortho intramolecular Hbond substituents is 1. The van der Waals surface area contributed by atoms with E-state index in [2.05, 4.69) is 45.6 Å². The molecule has 0 aliphatic heterocycles. The summed E-state index contributed by atoms with van der Waals surface area (Å²) in [5.74, 6) is 5.41. The van der Waals surface area contributed by atoms with Crippen molar-refractivity contribution < 1.29 is 9.90 Å². The first-order chi connectivity index (χ1) is 9.69. The third-order valence-electron chi connectivity index (χ3n) is 3.67. The number of carbonyl (C=O) groups is 1. The van der Waals surface area contributed by atoms with Gasteiger partial charge in [0.05, 0.1) is 5.56 Å². The van der Waals surface area contributed by atoms with Crippen LogP contribution in [0, 0.1) is 22.7 Å². The molecule has 1 aliphatic rings. The highest BCUT2D eigenvalue weighted by Gasteiger charge is 2.34. The Morgan fingerprint density at radius 2 is 1.86 bits per heavy atom. The minimum Gasteiger partial charge on any atom is -0.507 e. The molecule has 110 valence electrons. The summed E-state index contributed by atoms with van der Waals surface area (Å²) >= 11 is 0. The van der Waals surface area contributed by atoms with Gasteiger partial charge in [-0.1, -0.05) is 51.8 Å². The molecular weight excluding hydrogens is 260 g/mol. The zero-order chi connectivity index (χ0) is 15.7. The fourth-order valence-corrected chi connectivity index (χ4v) is 3.31. The molecule has 0 bridgehead atoms. The van der Waals surface area contributed by atoms with Crippen molar-refractivity contribution in [2.75, 3.05) is 0 Å². The van der Waals surface area contributed by atoms with Crippen LogP contribution in [-0.2, 0) is 4.79 Å². The smallest absolute Gasteiger partial charge is 0.231 e. The van der Waals surface area contributed by atoms with E-state index in [9.17, 15) is 9.90 Å². The van der Waals surface area contributed by atoms with Gasteiger partial charge < -0.3 is 5.11 Å². The third kappa shape index (κ3) is 3.98. The summed E-state index contributed by atoms with van der Waals surface area (Å²) in [6, 6.07) is 6.80. The molecule has 1 N–H and O–H groups in total. The van der Waals surface area contributed by atoms with Crippen LogP contribution < -0.4 is 0 Å². The number of aromatic hydroxyl groups is 1. The van der Waals surface area contributed by atoms with Crippen LogP contribution in [0.2, 0.25) is 0 Å². The zero-order valence-electron chi connectivity index (χ0n) is 13.2. The number of hydrogen-bond acceptors (Lipinski definition) is 2. The van der Waals surface area contributed by atoms with Crippen LogP contribution in [0.3, 0.4) is 0 Å². The third-order valence-corrected chi connectivity index (χ3v) is 3.67. The maximum Gasteiger partial charge on any atom is 0.231 e. The van der Waals surface area contributed by atoms with Crippen LogP contribution in [0.5, 0.6) is 5.75 Å². The Labute approximate surface area is 126 Å². The Balaban J connectivity index is 2.26. The van der Waals surface area contributed by atoms with E-state index in [1.54, 1.807) is 24.3 Å². The maximum atomic E-state index is 12.3. The number of ketones is 1. The highest BCUT2D eigenvalue weighted by Crippen LogP contribution is 2.44. The van der Waals surface area contributed by atoms with E-state index in [0.717, 1.165) is 18.4 Å². The highest BCUT2D eigenvalue weighted by molar-refractivity contribution is 6.09. The number of para-hydroxylation sites is 1. The summed E-state index contributed by atoms with van der Waals surface area (Å²) in [6.07, 6.45) is 3.87. The van der Waals surface area contributed by atoms with Crippen molar-refractivity contribution >= 4 is 5.78 Å². The Bertz CT molecular complexity index is 652. The average molecular weight is 282 g/mol. The van der Waals surface area contributed by atoms with Crippen molar-refractivity contribution in [3.63, 3.8) is 0 Å². The summed E-state index contributed by atoms with van der Waals surface area (Å²) in [4.78, 5) is 12.3. The van der Waals surface area contributed by atoms with Gasteiger partial charge in [0, 0.05) is 5.57 Å². The van der Waals surface area contributed by atoms with E-state index in [1.807, 2.05) is 0 Å². The number of rotatable bonds is 1. The minimum absolute atomic E-state index is 0.0172. The summed E-state index contributed by atoms with van der Waals surface area (Å²) in [5.41, 5.74) is 1.41. The van der Waals surface area contributed by atoms with Crippen LogP contribution in [-0.4, -0.2) is 10.9 Å². The van der Waals surface area contributed by atoms with E-state index >= 15 is 0 Å². The highest BCUT2D eigenvalue weighted by atomic mass is 16.3. The molecule has 21 heavy (non-hydrogen) atoms. The van der Waals surface area contributed by atoms with E-state index in [1.165, 1.54) is 0 Å². The first-order valence-corrected chi connectivity index (χ1v) is 7.25. The lowest BCUT2D eigenvalue weighted by Crippen LogP contribution is -2.29. The monoisotopic (exact) mass is 282 g/mol. The molecule has 1 aromatic rings. The van der Waals surface area contributed by atoms with Gasteiger partial charge in [0.1, 0.15) is 5.75 Å². The lowest BCUT2D eigenvalue weighted by Gasteiger charge is -2.38. The predicted molar refractivity (Wildman–Crippen MR) is 84.9 cm³/mol. The van der Waals surface area contributed by atoms with Crippen molar-refractivity contribution in [3.8, 4) is 17.6 Å². The molecule has 0 amide bonds. The standard InChI is InChI=1S/C19H22O2/c1-18(2)11-15(12-19(3,4)13-18)17(21)10-9-14-7-5-6-8-16(14)20/h5-8,11,20H,12-13H2,1-4H3. The van der Waals surface area contributed by atoms with Crippen molar-refractivity contribution in [3.05, 3.63) is 41.5 Å². The molecule has 0 fully saturated rings. The van der Waals surface area contributed by atoms with Gasteiger partial charge in [-0.2, -0.15) is 0 Å². The van der Waals surface area contributed by atoms with Gasteiger partial charge in [0.2, 0.25) is 5.78 Å². The first kappa shape index (κ1) is 15.4. The van der Waals surface area contributed by atoms with Crippen molar-refractivity contribution in [2.45, 2.75) is 40.5 Å². The van der Waals surface area contributed by atoms with Crippen LogP contribution in [0.1, 0.15) is 46.1 Å². The predicted octanol–water partition coefficient (Wildman–Crippen LogP) is 4.09. The largest absolute Gasteiger partial charge is 0.507 e. The molecule has 0 aromatic heterocycles. The number of Topliss-reactive ketones (excluding diaryl/α,β-unsaturated/α-hetero) is 1. The molecule has 2 heteroatoms. The van der Waals surface area contributed by atoms with Gasteiger partial charge in [-0.25, -0.2) is 0 Å². The van der Waals surface area contributed by atoms with Gasteiger partial charge in [0.25, 0.3) is 0 Å². The van der Waals surface area contributed by atoms with Crippen LogP contribution >= 0.6 is 0 Å². The van der Waals surface area contributed by atoms with Crippen LogP contribution in [0.4, 0.5) is 0 Å². The average Bonchev–Trinajstić information content (AvgIpc) is 2.33. The SMILES string of the molecule is CC1(C)C=C(C(=O)C#Cc2ccccc2O)CC(C)(C)C1. The van der Waals surface area contributed by atoms with E-state index in [4.69, 9.17) is 0 Å². The summed E-state index contributed by atoms with van der Waals surface area (Å²) in [5, 5.41) is 9.67. The molecule has 0 spiro atoms. The van der Waals surface area contributed by atoms with Gasteiger partial charge in [-0.05, 0) is 41.7 Å². The Kier molecular flexibility index (Phi) is 3.96. The molecule has 1 aliphatic carbocycles. The molecule has 0 heterocycles. The molecular formula is C19H22O2. The van der Waals surface area contributed by atoms with Gasteiger partial charge in [-0.3, -0.25) is 4.79 Å². The van der Waals surface area contributed by atoms with Gasteiger partial charge >= 0.3 is 0 Å². The Morgan fingerprint density at radius 3 is 2.48 bits per heavy atom. The lowest BCUT2D eigenvalue weighted by atomic mass is 9.66. The van der Waals surface area contributed by atoms with Crippen molar-refractivity contribution in [1.82, 2.24) is 0 Å². The molecule has 1 aromatic carbocycles. The number of carbonyl (C=O) groups excluding carboxylic acids is 1. The van der Waals surface area contributed by atoms with E-state index < -0.39 is 0 Å². The molecule has 0 atom stereocenters. The Morgan fingerprint density at radius 1 is 1.19 bits per heavy atom. The van der Waals surface area contributed by atoms with Crippen LogP contribution in [0.15, 0.2) is 35.9 Å². The fraction of sp³-hybridized carbons (Fsp3) is 0.421. The zero-order valence-corrected chi connectivity index (χ0v) is 13.2. The molecule has 0 saturated carbocycles. The second kappa shape index (κ2) is 5.41. The summed E-state index contributed by atoms with van der Waals surface area (Å²) < 4.78 is 0. The topological polar surface area (TPSA) is 37.3 Å². The number of benzene rings is 1. The number of allylic oxidation sites excluding steroid dienone is 2. The minimum atomic E-state index is -0.140. The number of phenols is 1. The van der Waals surface area contributed by atoms with E-state index in [-0.39, 0.29) is 22.4 Å². The second-order valence-electron chi connectivity index (χ2n) is 7.27. The first-order valence-electron chi connectivity index (χ1n) is 7.25. The van der Waals surface area contributed by atoms with Gasteiger partial charge in [0.15, 0.2) is 0 Å². The van der Waals surface area contributed by atoms with E-state index in [0.29, 0.717) is 5.56 Å². The number of hydrogen-bond donors (Lipinski definition) is 1. The van der Waals surface area contributed by atoms with Crippen molar-refractivity contribution in [1.29, 1.82) is 0 Å². The second-order valence-corrected chi connectivity index (χ2v) is 7.27. The van der Waals surface area contributed by atoms with Crippen LogP contribution in [0.25, 0.3) is 0 Å². The maximum absolute atomic E-state index is 12.3. The van der Waals surface area contributed by atoms with Gasteiger partial charge in [-0.15, -0.1) is 0 Å². The normalized spacial score (nSPS) is 19.1. The lowest BCUT2D eigenvalue weighted by molar-refractivity contribution is -0.111. The molecule has 2 rings (SSSR count). The molecule has 0 radical (unpaired) electrons. The summed E-state index contributed by atoms with van der Waals surface area (Å²) in [6.45, 7) is 8.67. The molecule has 0 unspecified atom stereocenters. The van der Waals surface area contributed by atoms with Crippen molar-refractivity contribution in [2.24, 2.45) is 10.8 Å². The Hall–Kier alpha value is -2.01. The quantitative estimate of drug-likeness (QED) is 0.788. The molecule has 0 saturated heterocycles. The fourth-order valence-electron chi connectivity index (χ4n) is 3.31. The summed E-state index contributed by atoms with van der Waals surface area (Å²) in [7, 11) is 0.